The van der Waals surface area contributed by atoms with Gasteiger partial charge in [-0.2, -0.15) is 0 Å². The molecule has 0 aliphatic heterocycles. The Morgan fingerprint density at radius 3 is 2.39 bits per heavy atom. The van der Waals surface area contributed by atoms with Gasteiger partial charge in [0.15, 0.2) is 0 Å². The summed E-state index contributed by atoms with van der Waals surface area (Å²) >= 11 is 0. The van der Waals surface area contributed by atoms with Crippen molar-refractivity contribution >= 4 is 5.97 Å². The van der Waals surface area contributed by atoms with Crippen LogP contribution in [0.25, 0.3) is 0 Å². The van der Waals surface area contributed by atoms with Crippen LogP contribution in [0.15, 0.2) is 48.5 Å². The van der Waals surface area contributed by atoms with E-state index < -0.39 is 5.97 Å². The van der Waals surface area contributed by atoms with Gasteiger partial charge in [0, 0.05) is 0 Å². The third kappa shape index (κ3) is 2.60. The Morgan fingerprint density at radius 1 is 1.06 bits per heavy atom. The van der Waals surface area contributed by atoms with E-state index >= 15 is 0 Å². The van der Waals surface area contributed by atoms with Gasteiger partial charge in [-0.1, -0.05) is 12.1 Å². The maximum absolute atomic E-state index is 11.5. The number of methoxy groups -OCH3 is 1. The number of phenolic OH excluding ortho intramolecular Hbond substituents is 1. The number of para-hydroxylation sites is 1. The number of aromatic hydroxyl groups is 1. The minimum atomic E-state index is -0.454. The van der Waals surface area contributed by atoms with Crippen LogP contribution in [0.1, 0.15) is 10.4 Å². The minimum Gasteiger partial charge on any atom is -0.508 e. The quantitative estimate of drug-likeness (QED) is 0.843. The van der Waals surface area contributed by atoms with Crippen molar-refractivity contribution in [3.05, 3.63) is 54.1 Å². The molecule has 0 aliphatic carbocycles. The predicted molar refractivity (Wildman–Crippen MR) is 66.0 cm³/mol. The van der Waals surface area contributed by atoms with Crippen molar-refractivity contribution in [1.82, 2.24) is 0 Å². The minimum absolute atomic E-state index is 0.156. The molecule has 0 fully saturated rings. The third-order valence-electron chi connectivity index (χ3n) is 2.36. The van der Waals surface area contributed by atoms with Gasteiger partial charge in [0.1, 0.15) is 22.8 Å². The maximum Gasteiger partial charge on any atom is 0.341 e. The Morgan fingerprint density at radius 2 is 1.72 bits per heavy atom. The number of carbonyl (C=O) groups is 1. The molecule has 0 aliphatic rings. The van der Waals surface area contributed by atoms with E-state index in [1.807, 2.05) is 0 Å². The SMILES string of the molecule is COC(=O)c1ccccc1Oc1ccc(O)cc1. The lowest BCUT2D eigenvalue weighted by Gasteiger charge is -2.09. The van der Waals surface area contributed by atoms with E-state index in [9.17, 15) is 9.90 Å². The van der Waals surface area contributed by atoms with E-state index in [0.717, 1.165) is 0 Å². The average molecular weight is 244 g/mol. The molecule has 0 saturated heterocycles. The molecule has 4 nitrogen and oxygen atoms in total. The monoisotopic (exact) mass is 244 g/mol. The van der Waals surface area contributed by atoms with Gasteiger partial charge in [-0.3, -0.25) is 0 Å². The van der Waals surface area contributed by atoms with Gasteiger partial charge in [0.2, 0.25) is 0 Å². The van der Waals surface area contributed by atoms with Crippen LogP contribution in [0, 0.1) is 0 Å². The number of hydrogen-bond acceptors (Lipinski definition) is 4. The van der Waals surface area contributed by atoms with Crippen LogP contribution in [0.5, 0.6) is 17.2 Å². The number of benzene rings is 2. The summed E-state index contributed by atoms with van der Waals surface area (Å²) in [6, 6.07) is 13.1. The van der Waals surface area contributed by atoms with Crippen LogP contribution in [-0.4, -0.2) is 18.2 Å². The maximum atomic E-state index is 11.5. The van der Waals surface area contributed by atoms with Gasteiger partial charge in [0.05, 0.1) is 7.11 Å². The Labute approximate surface area is 104 Å². The van der Waals surface area contributed by atoms with Crippen molar-refractivity contribution in [2.24, 2.45) is 0 Å². The van der Waals surface area contributed by atoms with Gasteiger partial charge in [0.25, 0.3) is 0 Å². The molecule has 4 heteroatoms. The number of ether oxygens (including phenoxy) is 2. The summed E-state index contributed by atoms with van der Waals surface area (Å²) in [4.78, 5) is 11.5. The van der Waals surface area contributed by atoms with Crippen molar-refractivity contribution in [2.75, 3.05) is 7.11 Å². The fourth-order valence-electron chi connectivity index (χ4n) is 1.48. The molecule has 2 aromatic rings. The molecule has 0 heterocycles. The summed E-state index contributed by atoms with van der Waals surface area (Å²) in [6.07, 6.45) is 0. The topological polar surface area (TPSA) is 55.8 Å². The highest BCUT2D eigenvalue weighted by atomic mass is 16.5. The summed E-state index contributed by atoms with van der Waals surface area (Å²) in [7, 11) is 1.32. The van der Waals surface area contributed by atoms with Crippen LogP contribution < -0.4 is 4.74 Å². The summed E-state index contributed by atoms with van der Waals surface area (Å²) in [5, 5.41) is 9.17. The molecule has 0 saturated carbocycles. The average Bonchev–Trinajstić information content (AvgIpc) is 2.41. The van der Waals surface area contributed by atoms with Gasteiger partial charge in [-0.05, 0) is 36.4 Å². The van der Waals surface area contributed by atoms with E-state index in [1.165, 1.54) is 19.2 Å². The van der Waals surface area contributed by atoms with Gasteiger partial charge < -0.3 is 14.6 Å². The molecule has 0 bridgehead atoms. The van der Waals surface area contributed by atoms with Gasteiger partial charge in [-0.15, -0.1) is 0 Å². The fraction of sp³-hybridized carbons (Fsp3) is 0.0714. The largest absolute Gasteiger partial charge is 0.508 e. The number of phenols is 1. The standard InChI is InChI=1S/C14H12O4/c1-17-14(16)12-4-2-3-5-13(12)18-11-8-6-10(15)7-9-11/h2-9,15H,1H3. The molecule has 18 heavy (non-hydrogen) atoms. The van der Waals surface area contributed by atoms with Crippen LogP contribution in [0.3, 0.4) is 0 Å². The molecule has 2 aromatic carbocycles. The van der Waals surface area contributed by atoms with Crippen LogP contribution in [-0.2, 0) is 4.74 Å². The first-order chi connectivity index (χ1) is 8.70. The normalized spacial score (nSPS) is 9.83. The molecule has 0 spiro atoms. The van der Waals surface area contributed by atoms with E-state index in [-0.39, 0.29) is 5.75 Å². The fourth-order valence-corrected chi connectivity index (χ4v) is 1.48. The zero-order valence-corrected chi connectivity index (χ0v) is 9.79. The van der Waals surface area contributed by atoms with E-state index in [4.69, 9.17) is 4.74 Å². The molecule has 0 unspecified atom stereocenters. The second-order valence-electron chi connectivity index (χ2n) is 3.58. The van der Waals surface area contributed by atoms with E-state index in [2.05, 4.69) is 4.74 Å². The van der Waals surface area contributed by atoms with Crippen molar-refractivity contribution in [3.63, 3.8) is 0 Å². The lowest BCUT2D eigenvalue weighted by Crippen LogP contribution is -2.03. The molecular formula is C14H12O4. The molecular weight excluding hydrogens is 232 g/mol. The second-order valence-corrected chi connectivity index (χ2v) is 3.58. The Hall–Kier alpha value is -2.49. The Bertz CT molecular complexity index is 546. The van der Waals surface area contributed by atoms with Crippen molar-refractivity contribution in [1.29, 1.82) is 0 Å². The summed E-state index contributed by atoms with van der Waals surface area (Å²) < 4.78 is 10.3. The lowest BCUT2D eigenvalue weighted by molar-refractivity contribution is 0.0598. The van der Waals surface area contributed by atoms with E-state index in [0.29, 0.717) is 17.1 Å². The number of hydrogen-bond donors (Lipinski definition) is 1. The Balaban J connectivity index is 2.28. The highest BCUT2D eigenvalue weighted by Gasteiger charge is 2.12. The van der Waals surface area contributed by atoms with Crippen molar-refractivity contribution < 1.29 is 19.4 Å². The molecule has 1 N–H and O–H groups in total. The van der Waals surface area contributed by atoms with Crippen molar-refractivity contribution in [3.8, 4) is 17.2 Å². The Kier molecular flexibility index (Phi) is 3.48. The molecule has 0 aromatic heterocycles. The molecule has 0 atom stereocenters. The van der Waals surface area contributed by atoms with Crippen molar-refractivity contribution in [2.45, 2.75) is 0 Å². The summed E-state index contributed by atoms with van der Waals surface area (Å²) in [5.41, 5.74) is 0.355. The van der Waals surface area contributed by atoms with Crippen LogP contribution in [0.4, 0.5) is 0 Å². The second kappa shape index (κ2) is 5.23. The van der Waals surface area contributed by atoms with Crippen LogP contribution in [0.2, 0.25) is 0 Å². The molecule has 2 rings (SSSR count). The first kappa shape index (κ1) is 12.0. The first-order valence-electron chi connectivity index (χ1n) is 5.35. The van der Waals surface area contributed by atoms with Gasteiger partial charge >= 0.3 is 5.97 Å². The number of carbonyl (C=O) groups excluding carboxylic acids is 1. The molecule has 92 valence electrons. The lowest BCUT2D eigenvalue weighted by atomic mass is 10.2. The zero-order chi connectivity index (χ0) is 13.0. The number of rotatable bonds is 3. The predicted octanol–water partition coefficient (Wildman–Crippen LogP) is 2.97. The van der Waals surface area contributed by atoms with E-state index in [1.54, 1.807) is 36.4 Å². The third-order valence-corrected chi connectivity index (χ3v) is 2.36. The number of esters is 1. The summed E-state index contributed by atoms with van der Waals surface area (Å²) in [5.74, 6) is 0.646. The first-order valence-corrected chi connectivity index (χ1v) is 5.35. The molecule has 0 radical (unpaired) electrons. The van der Waals surface area contributed by atoms with Crippen LogP contribution >= 0.6 is 0 Å². The highest BCUT2D eigenvalue weighted by molar-refractivity contribution is 5.92. The molecule has 0 amide bonds. The highest BCUT2D eigenvalue weighted by Crippen LogP contribution is 2.26. The van der Waals surface area contributed by atoms with Gasteiger partial charge in [-0.25, -0.2) is 4.79 Å². The summed E-state index contributed by atoms with van der Waals surface area (Å²) in [6.45, 7) is 0. The smallest absolute Gasteiger partial charge is 0.341 e. The zero-order valence-electron chi connectivity index (χ0n) is 9.79.